The summed E-state index contributed by atoms with van der Waals surface area (Å²) in [5.41, 5.74) is -0.897. The first-order chi connectivity index (χ1) is 14.3. The van der Waals surface area contributed by atoms with Crippen molar-refractivity contribution in [2.24, 2.45) is 0 Å². The van der Waals surface area contributed by atoms with Crippen molar-refractivity contribution in [3.8, 4) is 5.75 Å². The Morgan fingerprint density at radius 3 is 2.37 bits per heavy atom. The molecule has 1 aromatic carbocycles. The second-order valence-electron chi connectivity index (χ2n) is 7.42. The number of ether oxygens (including phenoxy) is 4. The zero-order chi connectivity index (χ0) is 21.9. The molecule has 0 aromatic heterocycles. The Morgan fingerprint density at radius 1 is 1.07 bits per heavy atom. The van der Waals surface area contributed by atoms with Gasteiger partial charge in [-0.25, -0.2) is 0 Å². The molecule has 10 heteroatoms. The maximum absolute atomic E-state index is 10.2. The molecule has 2 heterocycles. The van der Waals surface area contributed by atoms with E-state index in [2.05, 4.69) is 0 Å². The molecule has 30 heavy (non-hydrogen) atoms. The summed E-state index contributed by atoms with van der Waals surface area (Å²) >= 11 is 0. The van der Waals surface area contributed by atoms with Crippen molar-refractivity contribution in [1.82, 2.24) is 0 Å². The van der Waals surface area contributed by atoms with Gasteiger partial charge in [-0.1, -0.05) is 24.3 Å². The maximum Gasteiger partial charge on any atom is 0.229 e. The first-order valence-electron chi connectivity index (χ1n) is 9.62. The van der Waals surface area contributed by atoms with E-state index in [9.17, 15) is 25.5 Å². The second kappa shape index (κ2) is 9.69. The number of aliphatic hydroxyl groups is 6. The van der Waals surface area contributed by atoms with Gasteiger partial charge in [0.2, 0.25) is 6.29 Å². The van der Waals surface area contributed by atoms with Crippen LogP contribution < -0.4 is 4.74 Å². The number of rotatable bonds is 7. The van der Waals surface area contributed by atoms with E-state index in [1.165, 1.54) is 0 Å². The van der Waals surface area contributed by atoms with Crippen LogP contribution in [0, 0.1) is 0 Å². The molecule has 168 valence electrons. The van der Waals surface area contributed by atoms with Crippen molar-refractivity contribution < 1.29 is 49.6 Å². The van der Waals surface area contributed by atoms with Gasteiger partial charge < -0.3 is 49.6 Å². The average Bonchev–Trinajstić information content (AvgIpc) is 3.04. The minimum Gasteiger partial charge on any atom is -0.462 e. The summed E-state index contributed by atoms with van der Waals surface area (Å²) in [5.74, 6) is 0.387. The first-order valence-corrected chi connectivity index (χ1v) is 9.62. The van der Waals surface area contributed by atoms with Gasteiger partial charge in [-0.15, -0.1) is 0 Å². The SMILES string of the molecule is CC=Cc1ccc(O[C@@H]2O[C@H](CO[C@@H]3OC[C@@](O)(CO)[C@@H]3O)[C@@H](O)[C@H](O)[C@H]2O)cc1. The lowest BCUT2D eigenvalue weighted by Gasteiger charge is -2.40. The van der Waals surface area contributed by atoms with Crippen LogP contribution in [0.2, 0.25) is 0 Å². The Bertz CT molecular complexity index is 710. The molecule has 0 bridgehead atoms. The Hall–Kier alpha value is -1.60. The van der Waals surface area contributed by atoms with Gasteiger partial charge in [0, 0.05) is 0 Å². The number of aliphatic hydroxyl groups excluding tert-OH is 5. The molecule has 0 amide bonds. The molecule has 3 rings (SSSR count). The molecule has 2 fully saturated rings. The molecule has 6 N–H and O–H groups in total. The van der Waals surface area contributed by atoms with E-state index in [-0.39, 0.29) is 13.2 Å². The summed E-state index contributed by atoms with van der Waals surface area (Å²) in [7, 11) is 0. The molecule has 0 unspecified atom stereocenters. The fourth-order valence-electron chi connectivity index (χ4n) is 3.26. The van der Waals surface area contributed by atoms with Crippen molar-refractivity contribution in [2.45, 2.75) is 55.6 Å². The normalized spacial score (nSPS) is 39.5. The van der Waals surface area contributed by atoms with Gasteiger partial charge in [0.25, 0.3) is 0 Å². The molecule has 0 radical (unpaired) electrons. The van der Waals surface area contributed by atoms with Crippen LogP contribution in [0.5, 0.6) is 5.75 Å². The summed E-state index contributed by atoms with van der Waals surface area (Å²) in [6.07, 6.45) is -5.96. The van der Waals surface area contributed by atoms with Crippen molar-refractivity contribution >= 4 is 6.08 Å². The van der Waals surface area contributed by atoms with E-state index in [0.717, 1.165) is 5.56 Å². The van der Waals surface area contributed by atoms with Gasteiger partial charge in [-0.2, -0.15) is 0 Å². The monoisotopic (exact) mass is 428 g/mol. The summed E-state index contributed by atoms with van der Waals surface area (Å²) < 4.78 is 21.7. The van der Waals surface area contributed by atoms with Crippen LogP contribution in [0.15, 0.2) is 30.3 Å². The van der Waals surface area contributed by atoms with Gasteiger partial charge >= 0.3 is 0 Å². The van der Waals surface area contributed by atoms with Crippen molar-refractivity contribution in [3.63, 3.8) is 0 Å². The van der Waals surface area contributed by atoms with E-state index >= 15 is 0 Å². The van der Waals surface area contributed by atoms with Crippen LogP contribution in [0.3, 0.4) is 0 Å². The van der Waals surface area contributed by atoms with Crippen LogP contribution >= 0.6 is 0 Å². The Balaban J connectivity index is 1.61. The molecule has 2 aliphatic heterocycles. The molecule has 0 saturated carbocycles. The molecule has 10 nitrogen and oxygen atoms in total. The van der Waals surface area contributed by atoms with Crippen LogP contribution in [-0.4, -0.2) is 99.2 Å². The standard InChI is InChI=1S/C20H28O10/c1-2-3-11-4-6-12(7-5-11)29-18-16(24)15(23)14(22)13(30-18)8-27-19-17(25)20(26,9-21)10-28-19/h2-7,13-19,21-26H,8-10H2,1H3/t13-,14-,15+,16-,17-,18-,19-,20+/m1/s1. The van der Waals surface area contributed by atoms with Gasteiger partial charge in [0.15, 0.2) is 6.29 Å². The fraction of sp³-hybridized carbons (Fsp3) is 0.600. The quantitative estimate of drug-likeness (QED) is 0.298. The highest BCUT2D eigenvalue weighted by atomic mass is 16.7. The average molecular weight is 428 g/mol. The van der Waals surface area contributed by atoms with E-state index in [1.54, 1.807) is 24.3 Å². The smallest absolute Gasteiger partial charge is 0.229 e. The van der Waals surface area contributed by atoms with Crippen molar-refractivity contribution in [3.05, 3.63) is 35.9 Å². The Morgan fingerprint density at radius 2 is 1.77 bits per heavy atom. The largest absolute Gasteiger partial charge is 0.462 e. The summed E-state index contributed by atoms with van der Waals surface area (Å²) in [5, 5.41) is 59.8. The lowest BCUT2D eigenvalue weighted by molar-refractivity contribution is -0.289. The minimum absolute atomic E-state index is 0.334. The molecular formula is C20H28O10. The van der Waals surface area contributed by atoms with E-state index < -0.39 is 55.3 Å². The summed E-state index contributed by atoms with van der Waals surface area (Å²) in [6, 6.07) is 6.95. The van der Waals surface area contributed by atoms with E-state index in [1.807, 2.05) is 19.1 Å². The van der Waals surface area contributed by atoms with Gasteiger partial charge in [-0.05, 0) is 24.6 Å². The molecular weight excluding hydrogens is 400 g/mol. The first kappa shape index (κ1) is 23.1. The Kier molecular flexibility index (Phi) is 7.45. The van der Waals surface area contributed by atoms with Crippen LogP contribution in [0.4, 0.5) is 0 Å². The van der Waals surface area contributed by atoms with Gasteiger partial charge in [0.1, 0.15) is 41.9 Å². The lowest BCUT2D eigenvalue weighted by Crippen LogP contribution is -2.60. The predicted molar refractivity (Wildman–Crippen MR) is 102 cm³/mol. The predicted octanol–water partition coefficient (Wildman–Crippen LogP) is -1.64. The molecule has 2 saturated heterocycles. The summed E-state index contributed by atoms with van der Waals surface area (Å²) in [4.78, 5) is 0. The van der Waals surface area contributed by atoms with E-state index in [0.29, 0.717) is 5.75 Å². The number of allylic oxidation sites excluding steroid dienone is 1. The molecule has 2 aliphatic rings. The van der Waals surface area contributed by atoms with Gasteiger partial charge in [0.05, 0.1) is 19.8 Å². The van der Waals surface area contributed by atoms with Crippen LogP contribution in [0.1, 0.15) is 12.5 Å². The molecule has 1 aromatic rings. The van der Waals surface area contributed by atoms with Gasteiger partial charge in [-0.3, -0.25) is 0 Å². The highest BCUT2D eigenvalue weighted by Crippen LogP contribution is 2.28. The third-order valence-corrected chi connectivity index (χ3v) is 5.16. The highest BCUT2D eigenvalue weighted by Gasteiger charge is 2.50. The molecule has 0 aliphatic carbocycles. The topological polar surface area (TPSA) is 158 Å². The number of benzene rings is 1. The number of hydrogen-bond donors (Lipinski definition) is 6. The third kappa shape index (κ3) is 4.83. The molecule has 8 atom stereocenters. The van der Waals surface area contributed by atoms with Crippen molar-refractivity contribution in [2.75, 3.05) is 19.8 Å². The Labute approximate surface area is 173 Å². The lowest BCUT2D eigenvalue weighted by atomic mass is 9.99. The second-order valence-corrected chi connectivity index (χ2v) is 7.42. The number of hydrogen-bond acceptors (Lipinski definition) is 10. The van der Waals surface area contributed by atoms with E-state index in [4.69, 9.17) is 24.1 Å². The van der Waals surface area contributed by atoms with Crippen LogP contribution in [-0.2, 0) is 14.2 Å². The maximum atomic E-state index is 10.2. The highest BCUT2D eigenvalue weighted by molar-refractivity contribution is 5.50. The third-order valence-electron chi connectivity index (χ3n) is 5.16. The zero-order valence-corrected chi connectivity index (χ0v) is 16.4. The van der Waals surface area contributed by atoms with Crippen molar-refractivity contribution in [1.29, 1.82) is 0 Å². The summed E-state index contributed by atoms with van der Waals surface area (Å²) in [6.45, 7) is 0.504. The fourth-order valence-corrected chi connectivity index (χ4v) is 3.26. The zero-order valence-electron chi connectivity index (χ0n) is 16.4. The van der Waals surface area contributed by atoms with Crippen LogP contribution in [0.25, 0.3) is 6.08 Å². The molecule has 0 spiro atoms. The minimum atomic E-state index is -1.85.